The van der Waals surface area contributed by atoms with Crippen LogP contribution in [0.3, 0.4) is 0 Å². The Labute approximate surface area is 90.7 Å². The Hall–Kier alpha value is -1.33. The molecule has 0 heterocycles. The van der Waals surface area contributed by atoms with E-state index in [-0.39, 0.29) is 11.9 Å². The minimum Gasteiger partial charge on any atom is -0.309 e. The van der Waals surface area contributed by atoms with E-state index in [1.165, 1.54) is 0 Å². The lowest BCUT2D eigenvalue weighted by Gasteiger charge is -2.16. The van der Waals surface area contributed by atoms with Gasteiger partial charge in [0.25, 0.3) is 0 Å². The maximum absolute atomic E-state index is 13.3. The number of terminal acetylenes is 1. The predicted octanol–water partition coefficient (Wildman–Crippen LogP) is 2.81. The highest BCUT2D eigenvalue weighted by atomic mass is 19.1. The van der Waals surface area contributed by atoms with E-state index in [2.05, 4.69) is 11.2 Å². The van der Waals surface area contributed by atoms with Crippen LogP contribution in [-0.2, 0) is 0 Å². The molecule has 0 aliphatic carbocycles. The number of hydrogen-bond acceptors (Lipinski definition) is 1. The Morgan fingerprint density at radius 1 is 1.53 bits per heavy atom. The van der Waals surface area contributed by atoms with Crippen LogP contribution in [0, 0.1) is 25.1 Å². The number of hydrogen-bond donors (Lipinski definition) is 1. The first-order valence-corrected chi connectivity index (χ1v) is 5.12. The fraction of sp³-hybridized carbons (Fsp3) is 0.385. The lowest BCUT2D eigenvalue weighted by atomic mass is 10.0. The van der Waals surface area contributed by atoms with Gasteiger partial charge in [-0.05, 0) is 30.7 Å². The number of rotatable bonds is 4. The van der Waals surface area contributed by atoms with Crippen molar-refractivity contribution < 1.29 is 4.39 Å². The Kier molecular flexibility index (Phi) is 4.33. The van der Waals surface area contributed by atoms with Crippen LogP contribution in [0.2, 0.25) is 0 Å². The van der Waals surface area contributed by atoms with Gasteiger partial charge in [0.05, 0.1) is 0 Å². The molecule has 1 unspecified atom stereocenters. The largest absolute Gasteiger partial charge is 0.309 e. The summed E-state index contributed by atoms with van der Waals surface area (Å²) in [5.74, 6) is 2.43. The number of nitrogens with one attached hydrogen (secondary N) is 1. The molecule has 80 valence electrons. The number of benzene rings is 1. The molecule has 1 atom stereocenters. The third-order valence-corrected chi connectivity index (χ3v) is 2.37. The van der Waals surface area contributed by atoms with E-state index < -0.39 is 0 Å². The minimum atomic E-state index is -0.174. The van der Waals surface area contributed by atoms with Gasteiger partial charge in [0.15, 0.2) is 0 Å². The van der Waals surface area contributed by atoms with Crippen molar-refractivity contribution in [1.29, 1.82) is 0 Å². The molecule has 15 heavy (non-hydrogen) atoms. The zero-order valence-electron chi connectivity index (χ0n) is 9.18. The fourth-order valence-electron chi connectivity index (χ4n) is 1.50. The van der Waals surface area contributed by atoms with Gasteiger partial charge in [0.2, 0.25) is 0 Å². The second-order valence-electron chi connectivity index (χ2n) is 3.53. The van der Waals surface area contributed by atoms with Gasteiger partial charge in [-0.15, -0.1) is 12.3 Å². The molecule has 0 fully saturated rings. The highest BCUT2D eigenvalue weighted by molar-refractivity contribution is 5.26. The van der Waals surface area contributed by atoms with Crippen molar-refractivity contribution in [2.45, 2.75) is 26.3 Å². The van der Waals surface area contributed by atoms with E-state index in [0.29, 0.717) is 12.0 Å². The van der Waals surface area contributed by atoms with Gasteiger partial charge < -0.3 is 5.32 Å². The van der Waals surface area contributed by atoms with Crippen LogP contribution in [0.4, 0.5) is 4.39 Å². The molecule has 0 spiro atoms. The van der Waals surface area contributed by atoms with Crippen LogP contribution in [0.5, 0.6) is 0 Å². The molecular formula is C13H16FN. The first-order valence-electron chi connectivity index (χ1n) is 5.12. The van der Waals surface area contributed by atoms with E-state index in [9.17, 15) is 4.39 Å². The van der Waals surface area contributed by atoms with Gasteiger partial charge in [-0.2, -0.15) is 0 Å². The predicted molar refractivity (Wildman–Crippen MR) is 61.0 cm³/mol. The van der Waals surface area contributed by atoms with Gasteiger partial charge >= 0.3 is 0 Å². The van der Waals surface area contributed by atoms with Gasteiger partial charge in [0, 0.05) is 12.5 Å². The summed E-state index contributed by atoms with van der Waals surface area (Å²) in [6, 6.07) is 5.31. The van der Waals surface area contributed by atoms with Crippen LogP contribution < -0.4 is 5.32 Å². The summed E-state index contributed by atoms with van der Waals surface area (Å²) in [6.45, 7) is 4.58. The molecule has 1 nitrogen and oxygen atoms in total. The molecule has 2 heteroatoms. The quantitative estimate of drug-likeness (QED) is 0.745. The average Bonchev–Trinajstić information content (AvgIpc) is 2.22. The normalized spacial score (nSPS) is 12.1. The molecule has 0 aliphatic heterocycles. The van der Waals surface area contributed by atoms with Gasteiger partial charge in [-0.3, -0.25) is 0 Å². The smallest absolute Gasteiger partial charge is 0.126 e. The summed E-state index contributed by atoms with van der Waals surface area (Å²) < 4.78 is 13.3. The Bertz CT molecular complexity index is 365. The molecule has 1 rings (SSSR count). The van der Waals surface area contributed by atoms with E-state index in [1.807, 2.05) is 13.0 Å². The van der Waals surface area contributed by atoms with Crippen molar-refractivity contribution in [2.75, 3.05) is 6.54 Å². The SMILES string of the molecule is C#CCC(NCC)c1ccc(C)c(F)c1. The molecule has 1 N–H and O–H groups in total. The summed E-state index contributed by atoms with van der Waals surface area (Å²) >= 11 is 0. The molecule has 0 aliphatic rings. The number of aryl methyl sites for hydroxylation is 1. The van der Waals surface area contributed by atoms with Gasteiger partial charge in [-0.1, -0.05) is 19.1 Å². The lowest BCUT2D eigenvalue weighted by Crippen LogP contribution is -2.20. The summed E-state index contributed by atoms with van der Waals surface area (Å²) in [6.07, 6.45) is 5.86. The summed E-state index contributed by atoms with van der Waals surface area (Å²) in [5, 5.41) is 3.24. The molecule has 0 aromatic heterocycles. The van der Waals surface area contributed by atoms with Crippen molar-refractivity contribution in [3.63, 3.8) is 0 Å². The molecule has 0 amide bonds. The van der Waals surface area contributed by atoms with Crippen molar-refractivity contribution in [1.82, 2.24) is 5.32 Å². The third kappa shape index (κ3) is 3.07. The molecular weight excluding hydrogens is 189 g/mol. The van der Waals surface area contributed by atoms with Crippen molar-refractivity contribution in [2.24, 2.45) is 0 Å². The maximum atomic E-state index is 13.3. The van der Waals surface area contributed by atoms with Crippen LogP contribution in [-0.4, -0.2) is 6.54 Å². The third-order valence-electron chi connectivity index (χ3n) is 2.37. The molecule has 1 aromatic carbocycles. The molecule has 1 aromatic rings. The monoisotopic (exact) mass is 205 g/mol. The fourth-order valence-corrected chi connectivity index (χ4v) is 1.50. The zero-order valence-corrected chi connectivity index (χ0v) is 9.18. The van der Waals surface area contributed by atoms with Crippen molar-refractivity contribution in [3.8, 4) is 12.3 Å². The maximum Gasteiger partial charge on any atom is 0.126 e. The van der Waals surface area contributed by atoms with E-state index in [4.69, 9.17) is 6.42 Å². The second-order valence-corrected chi connectivity index (χ2v) is 3.53. The Balaban J connectivity index is 2.91. The molecule has 0 saturated carbocycles. The average molecular weight is 205 g/mol. The van der Waals surface area contributed by atoms with E-state index in [1.54, 1.807) is 19.1 Å². The zero-order chi connectivity index (χ0) is 11.3. The first kappa shape index (κ1) is 11.7. The topological polar surface area (TPSA) is 12.0 Å². The number of halogens is 1. The van der Waals surface area contributed by atoms with E-state index in [0.717, 1.165) is 12.1 Å². The Morgan fingerprint density at radius 2 is 2.27 bits per heavy atom. The first-order chi connectivity index (χ1) is 7.19. The van der Waals surface area contributed by atoms with Crippen LogP contribution in [0.1, 0.15) is 30.5 Å². The van der Waals surface area contributed by atoms with Gasteiger partial charge in [0.1, 0.15) is 5.82 Å². The van der Waals surface area contributed by atoms with E-state index >= 15 is 0 Å². The van der Waals surface area contributed by atoms with Crippen molar-refractivity contribution >= 4 is 0 Å². The highest BCUT2D eigenvalue weighted by Gasteiger charge is 2.10. The molecule has 0 radical (unpaired) electrons. The highest BCUT2D eigenvalue weighted by Crippen LogP contribution is 2.19. The van der Waals surface area contributed by atoms with Crippen molar-refractivity contribution in [3.05, 3.63) is 35.1 Å². The Morgan fingerprint density at radius 3 is 2.80 bits per heavy atom. The summed E-state index contributed by atoms with van der Waals surface area (Å²) in [7, 11) is 0. The standard InChI is InChI=1S/C13H16FN/c1-4-6-13(15-5-2)11-8-7-10(3)12(14)9-11/h1,7-9,13,15H,5-6H2,2-3H3. The molecule has 0 saturated heterocycles. The lowest BCUT2D eigenvalue weighted by molar-refractivity contribution is 0.555. The van der Waals surface area contributed by atoms with Crippen LogP contribution >= 0.6 is 0 Å². The summed E-state index contributed by atoms with van der Waals surface area (Å²) in [4.78, 5) is 0. The molecule has 0 bridgehead atoms. The summed E-state index contributed by atoms with van der Waals surface area (Å²) in [5.41, 5.74) is 1.58. The van der Waals surface area contributed by atoms with Crippen LogP contribution in [0.25, 0.3) is 0 Å². The van der Waals surface area contributed by atoms with Gasteiger partial charge in [-0.25, -0.2) is 4.39 Å². The second kappa shape index (κ2) is 5.53. The van der Waals surface area contributed by atoms with Crippen LogP contribution in [0.15, 0.2) is 18.2 Å². The minimum absolute atomic E-state index is 0.0510.